The van der Waals surface area contributed by atoms with E-state index in [1.807, 2.05) is 23.1 Å². The van der Waals surface area contributed by atoms with Gasteiger partial charge in [0.25, 0.3) is 0 Å². The minimum atomic E-state index is -0.791. The van der Waals surface area contributed by atoms with E-state index >= 15 is 0 Å². The maximum absolute atomic E-state index is 11.5. The molecule has 1 heterocycles. The van der Waals surface area contributed by atoms with Crippen LogP contribution in [0.2, 0.25) is 0 Å². The second kappa shape index (κ2) is 5.41. The van der Waals surface area contributed by atoms with Gasteiger partial charge < -0.3 is 5.11 Å². The van der Waals surface area contributed by atoms with Crippen LogP contribution in [0.3, 0.4) is 0 Å². The zero-order valence-corrected chi connectivity index (χ0v) is 11.1. The molecule has 4 nitrogen and oxygen atoms in total. The number of aliphatic carboxylic acids is 1. The van der Waals surface area contributed by atoms with Gasteiger partial charge in [-0.15, -0.1) is 0 Å². The van der Waals surface area contributed by atoms with Crippen LogP contribution in [0.5, 0.6) is 0 Å². The summed E-state index contributed by atoms with van der Waals surface area (Å²) in [4.78, 5) is 13.5. The van der Waals surface area contributed by atoms with Crippen molar-refractivity contribution in [3.63, 3.8) is 0 Å². The fourth-order valence-corrected chi connectivity index (χ4v) is 2.63. The van der Waals surface area contributed by atoms with Gasteiger partial charge in [-0.25, -0.2) is 0 Å². The molecule has 0 saturated carbocycles. The van der Waals surface area contributed by atoms with Gasteiger partial charge in [0, 0.05) is 6.54 Å². The molecule has 0 bridgehead atoms. The molecule has 1 aliphatic heterocycles. The number of carbonyl (C=O) groups is 1. The van der Waals surface area contributed by atoms with Crippen LogP contribution in [-0.2, 0) is 11.3 Å². The lowest BCUT2D eigenvalue weighted by Crippen LogP contribution is -2.54. The Balaban J connectivity index is 2.20. The topological polar surface area (TPSA) is 64.3 Å². The molecule has 1 atom stereocenters. The maximum Gasteiger partial charge on any atom is 0.323 e. The molecule has 4 heteroatoms. The molecule has 1 unspecified atom stereocenters. The minimum Gasteiger partial charge on any atom is -0.480 e. The van der Waals surface area contributed by atoms with Gasteiger partial charge in [-0.1, -0.05) is 12.1 Å². The van der Waals surface area contributed by atoms with Gasteiger partial charge in [0.05, 0.1) is 11.6 Å². The number of nitrogens with zero attached hydrogens (tertiary/aromatic N) is 2. The smallest absolute Gasteiger partial charge is 0.323 e. The molecule has 1 fully saturated rings. The lowest BCUT2D eigenvalue weighted by molar-refractivity contribution is -0.153. The Hall–Kier alpha value is -1.86. The highest BCUT2D eigenvalue weighted by Crippen LogP contribution is 2.29. The average molecular weight is 258 g/mol. The highest BCUT2D eigenvalue weighted by molar-refractivity contribution is 5.78. The van der Waals surface area contributed by atoms with E-state index < -0.39 is 11.5 Å². The van der Waals surface area contributed by atoms with Crippen molar-refractivity contribution in [1.29, 1.82) is 5.26 Å². The van der Waals surface area contributed by atoms with Crippen LogP contribution >= 0.6 is 0 Å². The summed E-state index contributed by atoms with van der Waals surface area (Å²) in [7, 11) is 0. The Morgan fingerprint density at radius 2 is 2.32 bits per heavy atom. The van der Waals surface area contributed by atoms with Gasteiger partial charge in [0.2, 0.25) is 0 Å². The quantitative estimate of drug-likeness (QED) is 0.904. The van der Waals surface area contributed by atoms with Crippen molar-refractivity contribution in [3.8, 4) is 6.07 Å². The number of hydrogen-bond acceptors (Lipinski definition) is 3. The minimum absolute atomic E-state index is 0.582. The van der Waals surface area contributed by atoms with E-state index in [1.54, 1.807) is 13.0 Å². The summed E-state index contributed by atoms with van der Waals surface area (Å²) in [6, 6.07) is 9.49. The third kappa shape index (κ3) is 2.77. The van der Waals surface area contributed by atoms with Gasteiger partial charge in [-0.05, 0) is 50.4 Å². The number of nitriles is 1. The van der Waals surface area contributed by atoms with Crippen LogP contribution in [0.25, 0.3) is 0 Å². The van der Waals surface area contributed by atoms with Crippen molar-refractivity contribution in [1.82, 2.24) is 4.90 Å². The molecule has 0 amide bonds. The Morgan fingerprint density at radius 3 is 3.00 bits per heavy atom. The zero-order chi connectivity index (χ0) is 13.9. The molecular formula is C15H18N2O2. The Bertz CT molecular complexity index is 521. The fraction of sp³-hybridized carbons (Fsp3) is 0.467. The average Bonchev–Trinajstić information content (AvgIpc) is 2.41. The molecule has 0 aromatic heterocycles. The van der Waals surface area contributed by atoms with Gasteiger partial charge in [0.1, 0.15) is 5.54 Å². The Labute approximate surface area is 113 Å². The summed E-state index contributed by atoms with van der Waals surface area (Å²) in [5.74, 6) is -0.761. The highest BCUT2D eigenvalue weighted by atomic mass is 16.4. The van der Waals surface area contributed by atoms with Crippen molar-refractivity contribution in [2.75, 3.05) is 6.54 Å². The number of carboxylic acids is 1. The van der Waals surface area contributed by atoms with Crippen LogP contribution in [0.4, 0.5) is 0 Å². The van der Waals surface area contributed by atoms with E-state index in [0.29, 0.717) is 18.5 Å². The molecule has 1 N–H and O–H groups in total. The number of likely N-dealkylation sites (tertiary alicyclic amines) is 1. The standard InChI is InChI=1S/C15H18N2O2/c1-15(14(18)19)7-2-3-8-17(15)11-13-6-4-5-12(9-13)10-16/h4-6,9H,2-3,7-8,11H2,1H3,(H,18,19). The van der Waals surface area contributed by atoms with Crippen LogP contribution in [0.1, 0.15) is 37.3 Å². The Morgan fingerprint density at radius 1 is 1.53 bits per heavy atom. The first-order valence-electron chi connectivity index (χ1n) is 6.54. The first-order chi connectivity index (χ1) is 9.06. The molecule has 19 heavy (non-hydrogen) atoms. The summed E-state index contributed by atoms with van der Waals surface area (Å²) in [6.07, 6.45) is 2.67. The van der Waals surface area contributed by atoms with Crippen LogP contribution in [0, 0.1) is 11.3 Å². The largest absolute Gasteiger partial charge is 0.480 e. The summed E-state index contributed by atoms with van der Waals surface area (Å²) < 4.78 is 0. The highest BCUT2D eigenvalue weighted by Gasteiger charge is 2.41. The second-order valence-electron chi connectivity index (χ2n) is 5.27. The third-order valence-electron chi connectivity index (χ3n) is 3.93. The van der Waals surface area contributed by atoms with Gasteiger partial charge in [0.15, 0.2) is 0 Å². The van der Waals surface area contributed by atoms with Gasteiger partial charge in [-0.3, -0.25) is 9.69 Å². The van der Waals surface area contributed by atoms with E-state index in [1.165, 1.54) is 0 Å². The number of hydrogen-bond donors (Lipinski definition) is 1. The molecule has 1 saturated heterocycles. The normalized spacial score (nSPS) is 23.8. The van der Waals surface area contributed by atoms with E-state index in [4.69, 9.17) is 5.26 Å². The molecule has 2 rings (SSSR count). The van der Waals surface area contributed by atoms with E-state index in [-0.39, 0.29) is 0 Å². The lowest BCUT2D eigenvalue weighted by atomic mass is 9.88. The lowest BCUT2D eigenvalue weighted by Gasteiger charge is -2.41. The molecule has 1 aromatic rings. The number of piperidine rings is 1. The first-order valence-corrected chi connectivity index (χ1v) is 6.54. The van der Waals surface area contributed by atoms with E-state index in [0.717, 1.165) is 24.9 Å². The van der Waals surface area contributed by atoms with Crippen molar-refractivity contribution >= 4 is 5.97 Å². The van der Waals surface area contributed by atoms with Crippen LogP contribution in [-0.4, -0.2) is 28.1 Å². The predicted molar refractivity (Wildman–Crippen MR) is 71.5 cm³/mol. The van der Waals surface area contributed by atoms with Crippen molar-refractivity contribution in [2.24, 2.45) is 0 Å². The van der Waals surface area contributed by atoms with Crippen molar-refractivity contribution in [2.45, 2.75) is 38.3 Å². The second-order valence-corrected chi connectivity index (χ2v) is 5.27. The molecule has 100 valence electrons. The Kier molecular flexibility index (Phi) is 3.87. The molecular weight excluding hydrogens is 240 g/mol. The molecule has 0 aliphatic carbocycles. The van der Waals surface area contributed by atoms with Gasteiger partial charge >= 0.3 is 5.97 Å². The molecule has 0 spiro atoms. The summed E-state index contributed by atoms with van der Waals surface area (Å²) >= 11 is 0. The van der Waals surface area contributed by atoms with E-state index in [9.17, 15) is 9.90 Å². The summed E-state index contributed by atoms with van der Waals surface area (Å²) in [5, 5.41) is 18.4. The fourth-order valence-electron chi connectivity index (χ4n) is 2.63. The number of rotatable bonds is 3. The summed E-state index contributed by atoms with van der Waals surface area (Å²) in [5.41, 5.74) is 0.820. The van der Waals surface area contributed by atoms with E-state index in [2.05, 4.69) is 6.07 Å². The number of benzene rings is 1. The number of carboxylic acid groups (broad SMARTS) is 1. The molecule has 1 aliphatic rings. The third-order valence-corrected chi connectivity index (χ3v) is 3.93. The van der Waals surface area contributed by atoms with Crippen LogP contribution in [0.15, 0.2) is 24.3 Å². The predicted octanol–water partition coefficient (Wildman–Crippen LogP) is 2.39. The summed E-state index contributed by atoms with van der Waals surface area (Å²) in [6.45, 7) is 3.17. The van der Waals surface area contributed by atoms with Crippen molar-refractivity contribution in [3.05, 3.63) is 35.4 Å². The SMILES string of the molecule is CC1(C(=O)O)CCCCN1Cc1cccc(C#N)c1. The first kappa shape index (κ1) is 13.6. The molecule has 0 radical (unpaired) electrons. The van der Waals surface area contributed by atoms with Crippen LogP contribution < -0.4 is 0 Å². The van der Waals surface area contributed by atoms with Crippen molar-refractivity contribution < 1.29 is 9.90 Å². The zero-order valence-electron chi connectivity index (χ0n) is 11.1. The molecule has 1 aromatic carbocycles. The maximum atomic E-state index is 11.5. The van der Waals surface area contributed by atoms with Gasteiger partial charge in [-0.2, -0.15) is 5.26 Å². The monoisotopic (exact) mass is 258 g/mol.